The Morgan fingerprint density at radius 1 is 1.35 bits per heavy atom. The highest BCUT2D eigenvalue weighted by Crippen LogP contribution is 2.05. The van der Waals surface area contributed by atoms with Gasteiger partial charge in [0.2, 0.25) is 0 Å². The normalized spacial score (nSPS) is 10.3. The van der Waals surface area contributed by atoms with Crippen LogP contribution in [0, 0.1) is 0 Å². The van der Waals surface area contributed by atoms with Crippen molar-refractivity contribution in [2.75, 3.05) is 18.9 Å². The SMILES string of the molecule is CCCNc1cnc(C(=O)N(C)Cc2ncn[nH]2)cn1. The molecule has 0 fully saturated rings. The molecule has 0 unspecified atom stereocenters. The molecule has 2 N–H and O–H groups in total. The monoisotopic (exact) mass is 275 g/mol. The fourth-order valence-electron chi connectivity index (χ4n) is 1.58. The average Bonchev–Trinajstić information content (AvgIpc) is 2.97. The van der Waals surface area contributed by atoms with E-state index in [0.29, 0.717) is 23.9 Å². The molecule has 0 bridgehead atoms. The van der Waals surface area contributed by atoms with Crippen LogP contribution in [-0.2, 0) is 6.54 Å². The van der Waals surface area contributed by atoms with Gasteiger partial charge in [-0.05, 0) is 6.42 Å². The lowest BCUT2D eigenvalue weighted by Crippen LogP contribution is -2.27. The maximum absolute atomic E-state index is 12.1. The molecule has 0 aromatic carbocycles. The van der Waals surface area contributed by atoms with Crippen LogP contribution in [0.15, 0.2) is 18.7 Å². The quantitative estimate of drug-likeness (QED) is 0.804. The Labute approximate surface area is 116 Å². The van der Waals surface area contributed by atoms with E-state index in [2.05, 4.69) is 37.4 Å². The highest BCUT2D eigenvalue weighted by Gasteiger charge is 2.15. The van der Waals surface area contributed by atoms with Crippen LogP contribution in [0.1, 0.15) is 29.7 Å². The van der Waals surface area contributed by atoms with Crippen molar-refractivity contribution in [1.29, 1.82) is 0 Å². The molecular weight excluding hydrogens is 258 g/mol. The average molecular weight is 275 g/mol. The number of nitrogens with zero attached hydrogens (tertiary/aromatic N) is 5. The lowest BCUT2D eigenvalue weighted by atomic mass is 10.3. The van der Waals surface area contributed by atoms with Gasteiger partial charge >= 0.3 is 0 Å². The molecule has 0 aliphatic heterocycles. The van der Waals surface area contributed by atoms with E-state index in [1.807, 2.05) is 0 Å². The van der Waals surface area contributed by atoms with Crippen molar-refractivity contribution in [3.8, 4) is 0 Å². The highest BCUT2D eigenvalue weighted by molar-refractivity contribution is 5.91. The summed E-state index contributed by atoms with van der Waals surface area (Å²) in [5.74, 6) is 1.08. The van der Waals surface area contributed by atoms with Gasteiger partial charge in [0.05, 0.1) is 18.9 Å². The molecule has 0 atom stereocenters. The van der Waals surface area contributed by atoms with Gasteiger partial charge in [-0.3, -0.25) is 9.89 Å². The predicted octanol–water partition coefficient (Wildman–Crippen LogP) is 0.689. The first kappa shape index (κ1) is 13.9. The van der Waals surface area contributed by atoms with Gasteiger partial charge in [-0.1, -0.05) is 6.92 Å². The van der Waals surface area contributed by atoms with Gasteiger partial charge < -0.3 is 10.2 Å². The first-order valence-corrected chi connectivity index (χ1v) is 6.36. The third-order valence-electron chi connectivity index (χ3n) is 2.63. The van der Waals surface area contributed by atoms with Crippen molar-refractivity contribution < 1.29 is 4.79 Å². The van der Waals surface area contributed by atoms with Crippen LogP contribution in [0.3, 0.4) is 0 Å². The predicted molar refractivity (Wildman–Crippen MR) is 73.0 cm³/mol. The van der Waals surface area contributed by atoms with E-state index >= 15 is 0 Å². The van der Waals surface area contributed by atoms with Gasteiger partial charge in [0, 0.05) is 13.6 Å². The molecule has 1 amide bonds. The number of aromatic nitrogens is 5. The van der Waals surface area contributed by atoms with Gasteiger partial charge in [0.15, 0.2) is 0 Å². The second kappa shape index (κ2) is 6.60. The first-order chi connectivity index (χ1) is 9.70. The Balaban J connectivity index is 1.97. The fraction of sp³-hybridized carbons (Fsp3) is 0.417. The second-order valence-electron chi connectivity index (χ2n) is 4.31. The van der Waals surface area contributed by atoms with E-state index in [9.17, 15) is 4.79 Å². The third-order valence-corrected chi connectivity index (χ3v) is 2.63. The number of H-pyrrole nitrogens is 1. The van der Waals surface area contributed by atoms with Crippen LogP contribution in [0.25, 0.3) is 0 Å². The molecule has 0 aliphatic rings. The molecule has 0 radical (unpaired) electrons. The number of hydrogen-bond donors (Lipinski definition) is 2. The zero-order chi connectivity index (χ0) is 14.4. The molecule has 8 nitrogen and oxygen atoms in total. The van der Waals surface area contributed by atoms with Crippen LogP contribution in [0.5, 0.6) is 0 Å². The largest absolute Gasteiger partial charge is 0.369 e. The molecular formula is C12H17N7O. The van der Waals surface area contributed by atoms with E-state index in [4.69, 9.17) is 0 Å². The van der Waals surface area contributed by atoms with Crippen molar-refractivity contribution in [1.82, 2.24) is 30.0 Å². The fourth-order valence-corrected chi connectivity index (χ4v) is 1.58. The van der Waals surface area contributed by atoms with E-state index in [1.165, 1.54) is 17.4 Å². The lowest BCUT2D eigenvalue weighted by molar-refractivity contribution is 0.0775. The number of carbonyl (C=O) groups is 1. The van der Waals surface area contributed by atoms with Crippen molar-refractivity contribution in [2.45, 2.75) is 19.9 Å². The van der Waals surface area contributed by atoms with E-state index in [-0.39, 0.29) is 5.91 Å². The number of amides is 1. The summed E-state index contributed by atoms with van der Waals surface area (Å²) in [6, 6.07) is 0. The zero-order valence-corrected chi connectivity index (χ0v) is 11.5. The molecule has 0 aliphatic carbocycles. The summed E-state index contributed by atoms with van der Waals surface area (Å²) in [4.78, 5) is 25.9. The Bertz CT molecular complexity index is 537. The maximum atomic E-state index is 12.1. The number of anilines is 1. The van der Waals surface area contributed by atoms with Crippen molar-refractivity contribution in [2.24, 2.45) is 0 Å². The Morgan fingerprint density at radius 2 is 2.20 bits per heavy atom. The van der Waals surface area contributed by atoms with Crippen LogP contribution in [-0.4, -0.2) is 49.5 Å². The highest BCUT2D eigenvalue weighted by atomic mass is 16.2. The summed E-state index contributed by atoms with van der Waals surface area (Å²) >= 11 is 0. The van der Waals surface area contributed by atoms with Gasteiger partial charge in [0.25, 0.3) is 5.91 Å². The summed E-state index contributed by atoms with van der Waals surface area (Å²) in [6.07, 6.45) is 5.44. The minimum Gasteiger partial charge on any atom is -0.369 e. The summed E-state index contributed by atoms with van der Waals surface area (Å²) in [5, 5.41) is 9.55. The van der Waals surface area contributed by atoms with E-state index in [0.717, 1.165) is 13.0 Å². The van der Waals surface area contributed by atoms with Gasteiger partial charge in [0.1, 0.15) is 23.7 Å². The number of nitrogens with one attached hydrogen (secondary N) is 2. The minimum absolute atomic E-state index is 0.212. The number of rotatable bonds is 6. The number of aromatic amines is 1. The molecule has 0 spiro atoms. The second-order valence-corrected chi connectivity index (χ2v) is 4.31. The van der Waals surface area contributed by atoms with Crippen LogP contribution < -0.4 is 5.32 Å². The zero-order valence-electron chi connectivity index (χ0n) is 11.5. The summed E-state index contributed by atoms with van der Waals surface area (Å²) in [5.41, 5.74) is 0.300. The summed E-state index contributed by atoms with van der Waals surface area (Å²) in [6.45, 7) is 3.24. The van der Waals surface area contributed by atoms with Crippen LogP contribution in [0.2, 0.25) is 0 Å². The van der Waals surface area contributed by atoms with Crippen molar-refractivity contribution >= 4 is 11.7 Å². The molecule has 0 saturated heterocycles. The van der Waals surface area contributed by atoms with Gasteiger partial charge in [-0.2, -0.15) is 5.10 Å². The van der Waals surface area contributed by atoms with Crippen LogP contribution >= 0.6 is 0 Å². The Hall–Kier alpha value is -2.51. The third kappa shape index (κ3) is 3.50. The molecule has 8 heteroatoms. The van der Waals surface area contributed by atoms with Gasteiger partial charge in [-0.15, -0.1) is 0 Å². The Kier molecular flexibility index (Phi) is 4.59. The number of carbonyl (C=O) groups excluding carboxylic acids is 1. The smallest absolute Gasteiger partial charge is 0.274 e. The van der Waals surface area contributed by atoms with E-state index in [1.54, 1.807) is 13.2 Å². The van der Waals surface area contributed by atoms with Crippen LogP contribution in [0.4, 0.5) is 5.82 Å². The standard InChI is InChI=1S/C12H17N7O/c1-3-4-13-10-6-14-9(5-15-10)12(20)19(2)7-11-16-8-17-18-11/h5-6,8H,3-4,7H2,1-2H3,(H,13,15)(H,16,17,18). The molecule has 20 heavy (non-hydrogen) atoms. The van der Waals surface area contributed by atoms with Crippen molar-refractivity contribution in [3.05, 3.63) is 30.2 Å². The molecule has 2 heterocycles. The first-order valence-electron chi connectivity index (χ1n) is 6.36. The maximum Gasteiger partial charge on any atom is 0.274 e. The van der Waals surface area contributed by atoms with Crippen molar-refractivity contribution in [3.63, 3.8) is 0 Å². The number of hydrogen-bond acceptors (Lipinski definition) is 6. The minimum atomic E-state index is -0.212. The molecule has 2 rings (SSSR count). The molecule has 106 valence electrons. The summed E-state index contributed by atoms with van der Waals surface area (Å²) in [7, 11) is 1.68. The topological polar surface area (TPSA) is 99.7 Å². The molecule has 0 saturated carbocycles. The van der Waals surface area contributed by atoms with E-state index < -0.39 is 0 Å². The Morgan fingerprint density at radius 3 is 2.80 bits per heavy atom. The summed E-state index contributed by atoms with van der Waals surface area (Å²) < 4.78 is 0. The molecule has 2 aromatic rings. The lowest BCUT2D eigenvalue weighted by Gasteiger charge is -2.14. The molecule has 2 aromatic heterocycles. The van der Waals surface area contributed by atoms with Gasteiger partial charge in [-0.25, -0.2) is 15.0 Å².